The molecule has 100 valence electrons. The van der Waals surface area contributed by atoms with Crippen molar-refractivity contribution in [1.82, 2.24) is 4.98 Å². The maximum absolute atomic E-state index is 12.2. The average Bonchev–Trinajstić information content (AvgIpc) is 2.20. The zero-order valence-electron chi connectivity index (χ0n) is 8.59. The molecular weight excluding hydrogens is 434 g/mol. The largest absolute Gasteiger partial charge is 0.574 e. The Hall–Kier alpha value is -0.580. The minimum absolute atomic E-state index is 0.0187. The van der Waals surface area contributed by atoms with Gasteiger partial charge in [0.05, 0.1) is 6.42 Å². The van der Waals surface area contributed by atoms with Gasteiger partial charge >= 0.3 is 12.3 Å². The van der Waals surface area contributed by atoms with Crippen LogP contribution in [-0.2, 0) is 16.5 Å². The van der Waals surface area contributed by atoms with E-state index in [0.717, 1.165) is 6.20 Å². The van der Waals surface area contributed by atoms with Gasteiger partial charge in [0.1, 0.15) is 0 Å². The second-order valence-electron chi connectivity index (χ2n) is 3.12. The van der Waals surface area contributed by atoms with Gasteiger partial charge in [-0.15, -0.1) is 13.2 Å². The fourth-order valence-corrected chi connectivity index (χ4v) is 2.46. The van der Waals surface area contributed by atoms with Gasteiger partial charge in [-0.3, -0.25) is 4.79 Å². The Balaban J connectivity index is 3.24. The summed E-state index contributed by atoms with van der Waals surface area (Å²) < 4.78 is 40.7. The highest BCUT2D eigenvalue weighted by molar-refractivity contribution is 14.1. The minimum Gasteiger partial charge on any atom is -0.481 e. The lowest BCUT2D eigenvalue weighted by Crippen LogP contribution is -2.20. The molecule has 0 saturated heterocycles. The van der Waals surface area contributed by atoms with Crippen LogP contribution in [0.25, 0.3) is 0 Å². The lowest BCUT2D eigenvalue weighted by atomic mass is 10.1. The summed E-state index contributed by atoms with van der Waals surface area (Å²) in [5, 5.41) is 8.75. The fourth-order valence-electron chi connectivity index (χ4n) is 1.22. The second kappa shape index (κ2) is 6.04. The van der Waals surface area contributed by atoms with E-state index in [1.807, 2.05) is 22.6 Å². The Bertz CT molecular complexity index is 467. The molecule has 0 aliphatic rings. The summed E-state index contributed by atoms with van der Waals surface area (Å²) in [6.45, 7) is 0. The van der Waals surface area contributed by atoms with Gasteiger partial charge in [0.15, 0.2) is 0 Å². The highest BCUT2D eigenvalue weighted by Gasteiger charge is 2.33. The van der Waals surface area contributed by atoms with Crippen LogP contribution < -0.4 is 4.74 Å². The standard InChI is InChI=1S/C9H6BrF3INO3/c10-2-5-4(1-7(16)17)6(14)3-15-8(5)18-9(11,12)13/h3H,1-2H2,(H,16,17). The van der Waals surface area contributed by atoms with Gasteiger partial charge < -0.3 is 9.84 Å². The molecule has 0 fully saturated rings. The van der Waals surface area contributed by atoms with Crippen molar-refractivity contribution in [3.8, 4) is 5.88 Å². The first-order valence-electron chi connectivity index (χ1n) is 4.44. The Morgan fingerprint density at radius 3 is 2.56 bits per heavy atom. The summed E-state index contributed by atoms with van der Waals surface area (Å²) in [6, 6.07) is 0. The van der Waals surface area contributed by atoms with E-state index in [9.17, 15) is 18.0 Å². The molecule has 0 atom stereocenters. The van der Waals surface area contributed by atoms with Gasteiger partial charge in [-0.25, -0.2) is 4.98 Å². The Labute approximate surface area is 122 Å². The highest BCUT2D eigenvalue weighted by atomic mass is 127. The van der Waals surface area contributed by atoms with Crippen LogP contribution in [-0.4, -0.2) is 22.4 Å². The van der Waals surface area contributed by atoms with Crippen molar-refractivity contribution in [2.45, 2.75) is 18.1 Å². The van der Waals surface area contributed by atoms with Crippen molar-refractivity contribution in [2.75, 3.05) is 0 Å². The molecular formula is C9H6BrF3INO3. The van der Waals surface area contributed by atoms with Crippen molar-refractivity contribution < 1.29 is 27.8 Å². The highest BCUT2D eigenvalue weighted by Crippen LogP contribution is 2.30. The number of halogens is 5. The number of alkyl halides is 4. The minimum atomic E-state index is -4.86. The number of hydrogen-bond acceptors (Lipinski definition) is 3. The molecule has 18 heavy (non-hydrogen) atoms. The normalized spacial score (nSPS) is 11.4. The number of ether oxygens (including phenoxy) is 1. The van der Waals surface area contributed by atoms with E-state index in [2.05, 4.69) is 25.7 Å². The molecule has 0 aromatic carbocycles. The molecule has 1 heterocycles. The van der Waals surface area contributed by atoms with Gasteiger partial charge in [0.2, 0.25) is 5.88 Å². The first-order valence-corrected chi connectivity index (χ1v) is 6.64. The van der Waals surface area contributed by atoms with Crippen LogP contribution in [0, 0.1) is 3.57 Å². The third kappa shape index (κ3) is 4.26. The van der Waals surface area contributed by atoms with Gasteiger partial charge in [-0.1, -0.05) is 15.9 Å². The Kier molecular flexibility index (Phi) is 5.20. The van der Waals surface area contributed by atoms with Crippen molar-refractivity contribution in [1.29, 1.82) is 0 Å². The predicted molar refractivity (Wildman–Crippen MR) is 67.6 cm³/mol. The number of aliphatic carboxylic acids is 1. The molecule has 1 aromatic heterocycles. The summed E-state index contributed by atoms with van der Waals surface area (Å²) in [6.07, 6.45) is -4.11. The quantitative estimate of drug-likeness (QED) is 0.578. The van der Waals surface area contributed by atoms with E-state index < -0.39 is 24.6 Å². The fraction of sp³-hybridized carbons (Fsp3) is 0.333. The van der Waals surface area contributed by atoms with Crippen LogP contribution in [0.3, 0.4) is 0 Å². The predicted octanol–water partition coefficient (Wildman–Crippen LogP) is 3.11. The smallest absolute Gasteiger partial charge is 0.481 e. The molecule has 0 amide bonds. The zero-order chi connectivity index (χ0) is 13.9. The number of nitrogens with zero attached hydrogens (tertiary/aromatic N) is 1. The van der Waals surface area contributed by atoms with E-state index in [1.165, 1.54) is 0 Å². The first-order chi connectivity index (χ1) is 8.24. The number of carboxylic acid groups (broad SMARTS) is 1. The summed E-state index contributed by atoms with van der Waals surface area (Å²) in [4.78, 5) is 14.2. The van der Waals surface area contributed by atoms with E-state index >= 15 is 0 Å². The maximum Gasteiger partial charge on any atom is 0.574 e. The van der Waals surface area contributed by atoms with Crippen molar-refractivity contribution >= 4 is 44.5 Å². The van der Waals surface area contributed by atoms with Gasteiger partial charge in [0.25, 0.3) is 0 Å². The summed E-state index contributed by atoms with van der Waals surface area (Å²) in [7, 11) is 0. The van der Waals surface area contributed by atoms with Crippen molar-refractivity contribution in [2.24, 2.45) is 0 Å². The van der Waals surface area contributed by atoms with E-state index in [0.29, 0.717) is 3.57 Å². The molecule has 0 spiro atoms. The zero-order valence-corrected chi connectivity index (χ0v) is 12.3. The number of aromatic nitrogens is 1. The third-order valence-electron chi connectivity index (χ3n) is 1.88. The third-order valence-corrected chi connectivity index (χ3v) is 3.37. The molecule has 9 heteroatoms. The van der Waals surface area contributed by atoms with E-state index in [-0.39, 0.29) is 16.5 Å². The molecule has 0 radical (unpaired) electrons. The van der Waals surface area contributed by atoms with E-state index in [1.54, 1.807) is 0 Å². The monoisotopic (exact) mass is 439 g/mol. The van der Waals surface area contributed by atoms with Crippen LogP contribution in [0.4, 0.5) is 13.2 Å². The Morgan fingerprint density at radius 1 is 1.50 bits per heavy atom. The number of carbonyl (C=O) groups is 1. The SMILES string of the molecule is O=C(O)Cc1c(I)cnc(OC(F)(F)F)c1CBr. The van der Waals surface area contributed by atoms with Crippen molar-refractivity contribution in [3.05, 3.63) is 20.9 Å². The van der Waals surface area contributed by atoms with Crippen LogP contribution >= 0.6 is 38.5 Å². The van der Waals surface area contributed by atoms with Crippen LogP contribution in [0.2, 0.25) is 0 Å². The van der Waals surface area contributed by atoms with Crippen LogP contribution in [0.15, 0.2) is 6.20 Å². The molecule has 1 rings (SSSR count). The van der Waals surface area contributed by atoms with Crippen LogP contribution in [0.1, 0.15) is 11.1 Å². The molecule has 0 aliphatic heterocycles. The second-order valence-corrected chi connectivity index (χ2v) is 4.84. The number of carboxylic acids is 1. The first kappa shape index (κ1) is 15.5. The molecule has 0 aliphatic carbocycles. The average molecular weight is 440 g/mol. The molecule has 4 nitrogen and oxygen atoms in total. The summed E-state index contributed by atoms with van der Waals surface area (Å²) in [5.41, 5.74) is 0.343. The lowest BCUT2D eigenvalue weighted by molar-refractivity contribution is -0.276. The number of pyridine rings is 1. The topological polar surface area (TPSA) is 59.4 Å². The molecule has 1 aromatic rings. The maximum atomic E-state index is 12.2. The summed E-state index contributed by atoms with van der Waals surface area (Å²) in [5.74, 6) is -1.77. The van der Waals surface area contributed by atoms with Crippen molar-refractivity contribution in [3.63, 3.8) is 0 Å². The van der Waals surface area contributed by atoms with E-state index in [4.69, 9.17) is 5.11 Å². The molecule has 0 unspecified atom stereocenters. The van der Waals surface area contributed by atoms with Gasteiger partial charge in [-0.05, 0) is 28.2 Å². The molecule has 1 N–H and O–H groups in total. The number of rotatable bonds is 4. The molecule has 0 saturated carbocycles. The lowest BCUT2D eigenvalue weighted by Gasteiger charge is -2.14. The van der Waals surface area contributed by atoms with Gasteiger partial charge in [-0.2, -0.15) is 0 Å². The molecule has 0 bridgehead atoms. The number of hydrogen-bond donors (Lipinski definition) is 1. The summed E-state index contributed by atoms with van der Waals surface area (Å²) >= 11 is 4.82. The van der Waals surface area contributed by atoms with Gasteiger partial charge in [0, 0.05) is 20.7 Å². The Morgan fingerprint density at radius 2 is 2.11 bits per heavy atom. The van der Waals surface area contributed by atoms with Crippen LogP contribution in [0.5, 0.6) is 5.88 Å².